The van der Waals surface area contributed by atoms with Gasteiger partial charge in [0.15, 0.2) is 0 Å². The molecule has 0 aromatic rings. The van der Waals surface area contributed by atoms with Gasteiger partial charge in [0, 0.05) is 0 Å². The molecule has 0 heterocycles. The molecular weight excluding hydrogens is 136 g/mol. The molecule has 0 aromatic heterocycles. The van der Waals surface area contributed by atoms with Crippen molar-refractivity contribution in [1.82, 2.24) is 0 Å². The van der Waals surface area contributed by atoms with E-state index in [1.54, 1.807) is 0 Å². The zero-order valence-corrected chi connectivity index (χ0v) is 4.91. The Bertz CT molecular complexity index is 8.00. The van der Waals surface area contributed by atoms with E-state index in [4.69, 9.17) is 0 Å². The number of halogens is 1. The van der Waals surface area contributed by atoms with Crippen molar-refractivity contribution in [3.05, 3.63) is 7.11 Å². The Kier molecular flexibility index (Phi) is 20.0. The fourth-order valence-electron chi connectivity index (χ4n) is 0. The monoisotopic (exact) mass is 138 g/mol. The summed E-state index contributed by atoms with van der Waals surface area (Å²) in [4.78, 5) is 2.50. The first-order valence-electron chi connectivity index (χ1n) is 0.443. The van der Waals surface area contributed by atoms with Crippen molar-refractivity contribution in [1.29, 1.82) is 0 Å². The van der Waals surface area contributed by atoms with Crippen LogP contribution < -0.4 is 0 Å². The van der Waals surface area contributed by atoms with Crippen molar-refractivity contribution in [2.24, 2.45) is 0 Å². The maximum absolute atomic E-state index is 9.68. The van der Waals surface area contributed by atoms with Gasteiger partial charge in [-0.15, -0.1) is 0 Å². The third kappa shape index (κ3) is 12.0. The molecule has 0 fully saturated rings. The fourth-order valence-corrected chi connectivity index (χ4v) is 0. The molecule has 0 aromatic carbocycles. The summed E-state index contributed by atoms with van der Waals surface area (Å²) in [6.07, 6.45) is 0. The Balaban J connectivity index is 0. The molecule has 0 bridgehead atoms. The predicted octanol–water partition coefficient (Wildman–Crippen LogP) is 0.677. The van der Waals surface area contributed by atoms with Gasteiger partial charge in [0.2, 0.25) is 0 Å². The summed E-state index contributed by atoms with van der Waals surface area (Å²) < 4.78 is 9.68. The van der Waals surface area contributed by atoms with Gasteiger partial charge in [0.05, 0.1) is 0 Å². The van der Waals surface area contributed by atoms with Gasteiger partial charge in [0.1, 0.15) is 0 Å². The van der Waals surface area contributed by atoms with E-state index in [0.29, 0.717) is 0 Å². The first kappa shape index (κ1) is 8.89. The van der Waals surface area contributed by atoms with Gasteiger partial charge in [-0.2, -0.15) is 7.11 Å². The maximum atomic E-state index is 9.68. The molecular formula is CH2FOY+2. The van der Waals surface area contributed by atoms with Crippen molar-refractivity contribution in [2.75, 3.05) is 0 Å². The first-order chi connectivity index (χ1) is 1.41. The topological polar surface area (TPSA) is 9.23 Å². The third-order valence-corrected chi connectivity index (χ3v) is 0. The summed E-state index contributed by atoms with van der Waals surface area (Å²) in [5.74, 6) is 0. The second-order valence-electron chi connectivity index (χ2n) is 0.109. The Morgan fingerprint density at radius 3 is 1.75 bits per heavy atom. The molecule has 0 atom stereocenters. The molecule has 0 amide bonds. The SMILES string of the molecule is [CH2-]OF.[Y+3]. The third-order valence-electron chi connectivity index (χ3n) is 0. The Morgan fingerprint density at radius 1 is 1.75 bits per heavy atom. The molecule has 0 spiro atoms. The average Bonchev–Trinajstić information content (AvgIpc) is 0.918. The van der Waals surface area contributed by atoms with E-state index in [9.17, 15) is 4.53 Å². The zero-order valence-electron chi connectivity index (χ0n) is 2.07. The van der Waals surface area contributed by atoms with Crippen LogP contribution in [0.1, 0.15) is 0 Å². The van der Waals surface area contributed by atoms with E-state index in [1.165, 1.54) is 0 Å². The van der Waals surface area contributed by atoms with Gasteiger partial charge in [0.25, 0.3) is 0 Å². The van der Waals surface area contributed by atoms with E-state index in [-0.39, 0.29) is 32.7 Å². The number of hydrogen-bond donors (Lipinski definition) is 0. The summed E-state index contributed by atoms with van der Waals surface area (Å²) in [5.41, 5.74) is 0. The molecule has 0 aliphatic rings. The summed E-state index contributed by atoms with van der Waals surface area (Å²) in [6, 6.07) is 0. The smallest absolute Gasteiger partial charge is 0.373 e. The van der Waals surface area contributed by atoms with Crippen molar-refractivity contribution in [3.63, 3.8) is 0 Å². The van der Waals surface area contributed by atoms with Crippen LogP contribution in [0, 0.1) is 7.11 Å². The number of hydrogen-bond acceptors (Lipinski definition) is 1. The molecule has 0 radical (unpaired) electrons. The molecule has 0 aliphatic carbocycles. The van der Waals surface area contributed by atoms with Gasteiger partial charge in [-0.1, -0.05) is 4.53 Å². The first-order valence-corrected chi connectivity index (χ1v) is 0.443. The summed E-state index contributed by atoms with van der Waals surface area (Å²) in [5, 5.41) is 0. The van der Waals surface area contributed by atoms with Crippen molar-refractivity contribution in [2.45, 2.75) is 0 Å². The van der Waals surface area contributed by atoms with Gasteiger partial charge < -0.3 is 4.94 Å². The van der Waals surface area contributed by atoms with Gasteiger partial charge >= 0.3 is 32.7 Å². The molecule has 0 saturated heterocycles. The molecule has 0 aliphatic heterocycles. The largest absolute Gasteiger partial charge is 3.00 e. The van der Waals surface area contributed by atoms with E-state index >= 15 is 0 Å². The zero-order chi connectivity index (χ0) is 2.71. The predicted molar refractivity (Wildman–Crippen MR) is 7.55 cm³/mol. The molecule has 4 heavy (non-hydrogen) atoms. The normalized spacial score (nSPS) is 4.50. The van der Waals surface area contributed by atoms with Gasteiger partial charge in [-0.05, 0) is 0 Å². The molecule has 0 saturated carbocycles. The molecule has 1 nitrogen and oxygen atoms in total. The van der Waals surface area contributed by atoms with Crippen LogP contribution in [0.15, 0.2) is 0 Å². The van der Waals surface area contributed by atoms with Crippen LogP contribution >= 0.6 is 0 Å². The minimum atomic E-state index is 0. The average molecular weight is 138 g/mol. The van der Waals surface area contributed by atoms with Crippen LogP contribution in [0.25, 0.3) is 0 Å². The van der Waals surface area contributed by atoms with Crippen molar-refractivity contribution in [3.8, 4) is 0 Å². The van der Waals surface area contributed by atoms with E-state index < -0.39 is 0 Å². The van der Waals surface area contributed by atoms with Crippen LogP contribution in [0.5, 0.6) is 0 Å². The summed E-state index contributed by atoms with van der Waals surface area (Å²) in [7, 11) is 2.32. The molecule has 0 unspecified atom stereocenters. The van der Waals surface area contributed by atoms with E-state index in [1.807, 2.05) is 0 Å². The quantitative estimate of drug-likeness (QED) is 0.447. The number of rotatable bonds is 0. The standard InChI is InChI=1S/CH2FO.Y/c1-3-2;/h1H2;/q-1;+3. The second kappa shape index (κ2) is 9.00. The van der Waals surface area contributed by atoms with Crippen molar-refractivity contribution < 1.29 is 42.2 Å². The molecule has 0 N–H and O–H groups in total. The van der Waals surface area contributed by atoms with E-state index in [2.05, 4.69) is 12.1 Å². The van der Waals surface area contributed by atoms with E-state index in [0.717, 1.165) is 0 Å². The van der Waals surface area contributed by atoms with Crippen LogP contribution in [-0.4, -0.2) is 0 Å². The van der Waals surface area contributed by atoms with Gasteiger partial charge in [-0.25, -0.2) is 0 Å². The fraction of sp³-hybridized carbons (Fsp3) is 0. The molecule has 20 valence electrons. The van der Waals surface area contributed by atoms with Crippen LogP contribution in [0.4, 0.5) is 4.53 Å². The van der Waals surface area contributed by atoms with Gasteiger partial charge in [-0.3, -0.25) is 0 Å². The van der Waals surface area contributed by atoms with Crippen LogP contribution in [-0.2, 0) is 37.7 Å². The second-order valence-corrected chi connectivity index (χ2v) is 0.109. The van der Waals surface area contributed by atoms with Crippen LogP contribution in [0.2, 0.25) is 0 Å². The van der Waals surface area contributed by atoms with Crippen LogP contribution in [0.3, 0.4) is 0 Å². The minimum absolute atomic E-state index is 0. The molecule has 0 rings (SSSR count). The Labute approximate surface area is 49.3 Å². The van der Waals surface area contributed by atoms with Crippen molar-refractivity contribution >= 4 is 0 Å². The Hall–Kier alpha value is 0.994. The minimum Gasteiger partial charge on any atom is -0.373 e. The Morgan fingerprint density at radius 2 is 1.75 bits per heavy atom. The summed E-state index contributed by atoms with van der Waals surface area (Å²) in [6.45, 7) is 0. The molecule has 3 heteroatoms. The maximum Gasteiger partial charge on any atom is 3.00 e. The summed E-state index contributed by atoms with van der Waals surface area (Å²) >= 11 is 0.